The minimum absolute atomic E-state index is 0.0189. The fourth-order valence-corrected chi connectivity index (χ4v) is 4.67. The largest absolute Gasteiger partial charge is 0.495 e. The summed E-state index contributed by atoms with van der Waals surface area (Å²) >= 11 is 3.47. The number of hydrogen-bond donors (Lipinski definition) is 2. The van der Waals surface area contributed by atoms with Gasteiger partial charge in [0.15, 0.2) is 0 Å². The third-order valence-corrected chi connectivity index (χ3v) is 6.56. The number of rotatable bonds is 7. The van der Waals surface area contributed by atoms with Crippen LogP contribution in [0.15, 0.2) is 82.2 Å². The van der Waals surface area contributed by atoms with Crippen LogP contribution in [0.2, 0.25) is 0 Å². The summed E-state index contributed by atoms with van der Waals surface area (Å²) < 4.78 is 34.2. The number of anilines is 1. The SMILES string of the molecule is COc1ccccc1NS(=O)(=O)c1cccc(C(=O)N[C@H](C)c2ccccc2Br)c1. The molecule has 8 heteroatoms. The molecule has 0 saturated carbocycles. The third kappa shape index (κ3) is 5.01. The number of methoxy groups -OCH3 is 1. The van der Waals surface area contributed by atoms with Crippen molar-refractivity contribution in [3.63, 3.8) is 0 Å². The van der Waals surface area contributed by atoms with Crippen molar-refractivity contribution in [1.82, 2.24) is 5.32 Å². The van der Waals surface area contributed by atoms with Gasteiger partial charge in [0.25, 0.3) is 15.9 Å². The van der Waals surface area contributed by atoms with Gasteiger partial charge in [0.2, 0.25) is 0 Å². The number of amides is 1. The van der Waals surface area contributed by atoms with E-state index in [0.717, 1.165) is 10.0 Å². The van der Waals surface area contributed by atoms with Crippen LogP contribution >= 0.6 is 15.9 Å². The van der Waals surface area contributed by atoms with Gasteiger partial charge in [-0.2, -0.15) is 0 Å². The number of nitrogens with one attached hydrogen (secondary N) is 2. The Morgan fingerprint density at radius 3 is 2.43 bits per heavy atom. The van der Waals surface area contributed by atoms with Crippen molar-refractivity contribution in [2.75, 3.05) is 11.8 Å². The van der Waals surface area contributed by atoms with Crippen LogP contribution in [-0.2, 0) is 10.0 Å². The van der Waals surface area contributed by atoms with Gasteiger partial charge >= 0.3 is 0 Å². The Balaban J connectivity index is 1.81. The van der Waals surface area contributed by atoms with Crippen LogP contribution in [0, 0.1) is 0 Å². The molecular weight excluding hydrogens is 468 g/mol. The number of hydrogen-bond acceptors (Lipinski definition) is 4. The van der Waals surface area contributed by atoms with E-state index in [-0.39, 0.29) is 22.4 Å². The van der Waals surface area contributed by atoms with Crippen molar-refractivity contribution in [1.29, 1.82) is 0 Å². The molecule has 3 rings (SSSR count). The third-order valence-electron chi connectivity index (χ3n) is 4.48. The first-order chi connectivity index (χ1) is 14.3. The summed E-state index contributed by atoms with van der Waals surface area (Å²) in [5.74, 6) is 0.0323. The molecule has 0 aliphatic carbocycles. The van der Waals surface area contributed by atoms with Crippen molar-refractivity contribution in [2.45, 2.75) is 17.9 Å². The van der Waals surface area contributed by atoms with Crippen LogP contribution in [0.4, 0.5) is 5.69 Å². The zero-order valence-electron chi connectivity index (χ0n) is 16.4. The van der Waals surface area contributed by atoms with Crippen LogP contribution in [0.3, 0.4) is 0 Å². The number of sulfonamides is 1. The molecule has 0 unspecified atom stereocenters. The summed E-state index contributed by atoms with van der Waals surface area (Å²) in [7, 11) is -2.44. The molecule has 0 spiro atoms. The van der Waals surface area contributed by atoms with Gasteiger partial charge in [-0.15, -0.1) is 0 Å². The van der Waals surface area contributed by atoms with E-state index in [2.05, 4.69) is 26.0 Å². The molecule has 0 aromatic heterocycles. The van der Waals surface area contributed by atoms with Gasteiger partial charge < -0.3 is 10.1 Å². The summed E-state index contributed by atoms with van der Waals surface area (Å²) in [5.41, 5.74) is 1.49. The summed E-state index contributed by atoms with van der Waals surface area (Å²) in [6.45, 7) is 1.86. The number of halogens is 1. The van der Waals surface area contributed by atoms with Crippen molar-refractivity contribution < 1.29 is 17.9 Å². The average Bonchev–Trinajstić information content (AvgIpc) is 2.74. The van der Waals surface area contributed by atoms with Crippen LogP contribution in [0.5, 0.6) is 5.75 Å². The summed E-state index contributed by atoms with van der Waals surface area (Å²) in [4.78, 5) is 12.7. The molecule has 0 saturated heterocycles. The Kier molecular flexibility index (Phi) is 6.79. The van der Waals surface area contributed by atoms with Gasteiger partial charge in [0.05, 0.1) is 23.7 Å². The predicted molar refractivity (Wildman–Crippen MR) is 120 cm³/mol. The molecule has 156 valence electrons. The predicted octanol–water partition coefficient (Wildman–Crippen LogP) is 4.75. The van der Waals surface area contributed by atoms with Crippen LogP contribution in [0.25, 0.3) is 0 Å². The molecular formula is C22H21BrN2O4S. The molecule has 1 amide bonds. The first-order valence-corrected chi connectivity index (χ1v) is 11.4. The maximum absolute atomic E-state index is 12.8. The number of ether oxygens (including phenoxy) is 1. The second kappa shape index (κ2) is 9.32. The number of carbonyl (C=O) groups is 1. The van der Waals surface area contributed by atoms with E-state index in [1.165, 1.54) is 25.3 Å². The van der Waals surface area contributed by atoms with Crippen LogP contribution in [0.1, 0.15) is 28.9 Å². The molecule has 6 nitrogen and oxygen atoms in total. The summed E-state index contributed by atoms with van der Waals surface area (Å²) in [5, 5.41) is 2.90. The highest BCUT2D eigenvalue weighted by molar-refractivity contribution is 9.10. The molecule has 0 fully saturated rings. The highest BCUT2D eigenvalue weighted by Crippen LogP contribution is 2.27. The zero-order chi connectivity index (χ0) is 21.7. The monoisotopic (exact) mass is 488 g/mol. The van der Waals surface area contributed by atoms with Crippen molar-refractivity contribution >= 4 is 37.5 Å². The first kappa shape index (κ1) is 21.9. The van der Waals surface area contributed by atoms with Gasteiger partial charge in [-0.1, -0.05) is 52.3 Å². The quantitative estimate of drug-likeness (QED) is 0.502. The van der Waals surface area contributed by atoms with Crippen molar-refractivity contribution in [2.24, 2.45) is 0 Å². The zero-order valence-corrected chi connectivity index (χ0v) is 18.8. The Labute approximate surface area is 184 Å². The molecule has 3 aromatic carbocycles. The van der Waals surface area contributed by atoms with Gasteiger partial charge in [-0.05, 0) is 48.9 Å². The molecule has 1 atom stereocenters. The lowest BCUT2D eigenvalue weighted by Crippen LogP contribution is -2.27. The molecule has 0 aliphatic heterocycles. The second-order valence-electron chi connectivity index (χ2n) is 6.55. The van der Waals surface area contributed by atoms with E-state index < -0.39 is 10.0 Å². The lowest BCUT2D eigenvalue weighted by Gasteiger charge is -2.16. The molecule has 3 aromatic rings. The standard InChI is InChI=1S/C22H21BrN2O4S/c1-15(18-10-3-4-11-19(18)23)24-22(26)16-8-7-9-17(14-16)30(27,28)25-20-12-5-6-13-21(20)29-2/h3-15,25H,1-2H3,(H,24,26)/t15-/m1/s1. The maximum Gasteiger partial charge on any atom is 0.262 e. The van der Waals surface area contributed by atoms with Gasteiger partial charge in [0, 0.05) is 10.0 Å². The minimum Gasteiger partial charge on any atom is -0.495 e. The Morgan fingerprint density at radius 1 is 1.00 bits per heavy atom. The van der Waals surface area contributed by atoms with Gasteiger partial charge in [-0.25, -0.2) is 8.42 Å². The van der Waals surface area contributed by atoms with E-state index in [4.69, 9.17) is 4.74 Å². The summed E-state index contributed by atoms with van der Waals surface area (Å²) in [6.07, 6.45) is 0. The topological polar surface area (TPSA) is 84.5 Å². The number of para-hydroxylation sites is 2. The number of carbonyl (C=O) groups excluding carboxylic acids is 1. The van der Waals surface area contributed by atoms with E-state index in [9.17, 15) is 13.2 Å². The van der Waals surface area contributed by atoms with Crippen molar-refractivity contribution in [3.8, 4) is 5.75 Å². The van der Waals surface area contributed by atoms with Crippen LogP contribution < -0.4 is 14.8 Å². The first-order valence-electron chi connectivity index (χ1n) is 9.13. The van der Waals surface area contributed by atoms with E-state index >= 15 is 0 Å². The molecule has 0 radical (unpaired) electrons. The molecule has 0 aliphatic rings. The molecule has 0 heterocycles. The fraction of sp³-hybridized carbons (Fsp3) is 0.136. The van der Waals surface area contributed by atoms with E-state index in [0.29, 0.717) is 11.4 Å². The lowest BCUT2D eigenvalue weighted by atomic mass is 10.1. The molecule has 2 N–H and O–H groups in total. The summed E-state index contributed by atoms with van der Waals surface area (Å²) in [6, 6.07) is 19.9. The number of benzene rings is 3. The van der Waals surface area contributed by atoms with Crippen LogP contribution in [-0.4, -0.2) is 21.4 Å². The highest BCUT2D eigenvalue weighted by atomic mass is 79.9. The fourth-order valence-electron chi connectivity index (χ4n) is 2.92. The van der Waals surface area contributed by atoms with E-state index in [1.54, 1.807) is 30.3 Å². The Morgan fingerprint density at radius 2 is 1.70 bits per heavy atom. The van der Waals surface area contributed by atoms with Gasteiger partial charge in [0.1, 0.15) is 5.75 Å². The van der Waals surface area contributed by atoms with Gasteiger partial charge in [-0.3, -0.25) is 9.52 Å². The molecule has 0 bridgehead atoms. The highest BCUT2D eigenvalue weighted by Gasteiger charge is 2.19. The lowest BCUT2D eigenvalue weighted by molar-refractivity contribution is 0.0939. The second-order valence-corrected chi connectivity index (χ2v) is 9.09. The minimum atomic E-state index is -3.91. The average molecular weight is 489 g/mol. The van der Waals surface area contributed by atoms with Crippen molar-refractivity contribution in [3.05, 3.63) is 88.4 Å². The smallest absolute Gasteiger partial charge is 0.262 e. The molecule has 30 heavy (non-hydrogen) atoms. The normalized spacial score (nSPS) is 12.1. The Hall–Kier alpha value is -2.84. The Bertz CT molecular complexity index is 1170. The maximum atomic E-state index is 12.8. The van der Waals surface area contributed by atoms with E-state index in [1.807, 2.05) is 31.2 Å².